The molecule has 0 fully saturated rings. The number of aromatic nitrogens is 2. The van der Waals surface area contributed by atoms with E-state index in [-0.39, 0.29) is 0 Å². The van der Waals surface area contributed by atoms with Crippen LogP contribution < -0.4 is 0 Å². The minimum atomic E-state index is 0.564. The summed E-state index contributed by atoms with van der Waals surface area (Å²) in [7, 11) is 0. The Kier molecular flexibility index (Phi) is 3.54. The van der Waals surface area contributed by atoms with Crippen molar-refractivity contribution in [2.75, 3.05) is 6.26 Å². The molecule has 0 radical (unpaired) electrons. The highest BCUT2D eigenvalue weighted by molar-refractivity contribution is 7.98. The molecule has 0 atom stereocenters. The van der Waals surface area contributed by atoms with Gasteiger partial charge in [-0.3, -0.25) is 4.79 Å². The van der Waals surface area contributed by atoms with E-state index in [4.69, 9.17) is 0 Å². The van der Waals surface area contributed by atoms with Crippen molar-refractivity contribution in [2.45, 2.75) is 12.1 Å². The zero-order valence-corrected chi connectivity index (χ0v) is 10.5. The van der Waals surface area contributed by atoms with Gasteiger partial charge >= 0.3 is 0 Å². The van der Waals surface area contributed by atoms with Crippen molar-refractivity contribution in [3.63, 3.8) is 0 Å². The van der Waals surface area contributed by atoms with Crippen LogP contribution in [0.5, 0.6) is 0 Å². The van der Waals surface area contributed by atoms with Gasteiger partial charge in [0.25, 0.3) is 0 Å². The zero-order valence-electron chi connectivity index (χ0n) is 9.68. The molecule has 17 heavy (non-hydrogen) atoms. The number of aldehydes is 1. The molecule has 2 aromatic rings. The van der Waals surface area contributed by atoms with Gasteiger partial charge in [-0.2, -0.15) is 0 Å². The average molecular weight is 244 g/mol. The lowest BCUT2D eigenvalue weighted by atomic mass is 10.1. The molecule has 86 valence electrons. The predicted molar refractivity (Wildman–Crippen MR) is 69.4 cm³/mol. The van der Waals surface area contributed by atoms with E-state index in [1.807, 2.05) is 43.5 Å². The maximum absolute atomic E-state index is 11.1. The van der Waals surface area contributed by atoms with Crippen LogP contribution in [0.25, 0.3) is 11.3 Å². The summed E-state index contributed by atoms with van der Waals surface area (Å²) in [5.41, 5.74) is 2.93. The highest BCUT2D eigenvalue weighted by atomic mass is 32.2. The number of hydrogen-bond acceptors (Lipinski definition) is 4. The first kappa shape index (κ1) is 11.8. The van der Waals surface area contributed by atoms with Gasteiger partial charge in [0.05, 0.1) is 17.0 Å². The Labute approximate surface area is 104 Å². The van der Waals surface area contributed by atoms with Crippen molar-refractivity contribution in [3.05, 3.63) is 41.6 Å². The molecule has 0 aliphatic carbocycles. The van der Waals surface area contributed by atoms with Gasteiger partial charge in [0.15, 0.2) is 11.4 Å². The average Bonchev–Trinajstić information content (AvgIpc) is 2.38. The van der Waals surface area contributed by atoms with Crippen LogP contribution in [0, 0.1) is 6.92 Å². The number of rotatable bonds is 3. The Hall–Kier alpha value is -1.68. The summed E-state index contributed by atoms with van der Waals surface area (Å²) < 4.78 is 0. The van der Waals surface area contributed by atoms with E-state index >= 15 is 0 Å². The van der Waals surface area contributed by atoms with Crippen LogP contribution in [0.15, 0.2) is 35.5 Å². The lowest BCUT2D eigenvalue weighted by molar-refractivity contribution is 0.112. The molecule has 0 unspecified atom stereocenters. The number of thioether (sulfide) groups is 1. The first-order chi connectivity index (χ1) is 8.26. The third kappa shape index (κ3) is 2.36. The van der Waals surface area contributed by atoms with Crippen LogP contribution in [0.2, 0.25) is 0 Å². The van der Waals surface area contributed by atoms with Gasteiger partial charge in [-0.25, -0.2) is 9.97 Å². The van der Waals surface area contributed by atoms with Gasteiger partial charge in [-0.1, -0.05) is 42.1 Å². The van der Waals surface area contributed by atoms with Gasteiger partial charge in [0.2, 0.25) is 0 Å². The van der Waals surface area contributed by atoms with E-state index in [1.54, 1.807) is 0 Å². The minimum Gasteiger partial charge on any atom is -0.298 e. The van der Waals surface area contributed by atoms with Crippen LogP contribution in [0.3, 0.4) is 0 Å². The van der Waals surface area contributed by atoms with E-state index in [1.165, 1.54) is 11.8 Å². The van der Waals surface area contributed by atoms with Crippen molar-refractivity contribution >= 4 is 18.0 Å². The molecule has 0 amide bonds. The maximum Gasteiger partial charge on any atom is 0.188 e. The van der Waals surface area contributed by atoms with Crippen LogP contribution >= 0.6 is 11.8 Å². The Balaban J connectivity index is 2.66. The van der Waals surface area contributed by atoms with Crippen LogP contribution in [-0.4, -0.2) is 22.5 Å². The molecule has 1 heterocycles. The van der Waals surface area contributed by atoms with E-state index < -0.39 is 0 Å². The topological polar surface area (TPSA) is 42.9 Å². The van der Waals surface area contributed by atoms with Crippen molar-refractivity contribution in [1.29, 1.82) is 0 Å². The Morgan fingerprint density at radius 1 is 1.18 bits per heavy atom. The van der Waals surface area contributed by atoms with Crippen molar-refractivity contribution in [2.24, 2.45) is 0 Å². The highest BCUT2D eigenvalue weighted by Crippen LogP contribution is 2.24. The van der Waals surface area contributed by atoms with Crippen molar-refractivity contribution in [3.8, 4) is 11.3 Å². The lowest BCUT2D eigenvalue weighted by Gasteiger charge is -2.08. The third-order valence-electron chi connectivity index (χ3n) is 2.46. The Morgan fingerprint density at radius 2 is 1.88 bits per heavy atom. The summed E-state index contributed by atoms with van der Waals surface area (Å²) in [5.74, 6) is 0. The molecule has 0 saturated carbocycles. The molecule has 0 saturated heterocycles. The lowest BCUT2D eigenvalue weighted by Crippen LogP contribution is -2.01. The summed E-state index contributed by atoms with van der Waals surface area (Å²) in [6, 6.07) is 9.69. The normalized spacial score (nSPS) is 10.2. The fourth-order valence-corrected chi connectivity index (χ4v) is 2.02. The summed E-state index contributed by atoms with van der Waals surface area (Å²) in [5, 5.41) is 0.687. The number of nitrogens with zero attached hydrogens (tertiary/aromatic N) is 2. The first-order valence-electron chi connectivity index (χ1n) is 5.19. The van der Waals surface area contributed by atoms with Crippen molar-refractivity contribution < 1.29 is 4.79 Å². The number of hydrogen-bond donors (Lipinski definition) is 0. The summed E-state index contributed by atoms with van der Waals surface area (Å²) in [4.78, 5) is 19.8. The summed E-state index contributed by atoms with van der Waals surface area (Å²) in [6.45, 7) is 1.83. The second kappa shape index (κ2) is 5.10. The summed E-state index contributed by atoms with van der Waals surface area (Å²) in [6.07, 6.45) is 2.74. The van der Waals surface area contributed by atoms with E-state index in [0.29, 0.717) is 16.4 Å². The second-order valence-electron chi connectivity index (χ2n) is 3.54. The molecule has 0 aliphatic rings. The molecule has 1 aromatic heterocycles. The quantitative estimate of drug-likeness (QED) is 0.473. The smallest absolute Gasteiger partial charge is 0.188 e. The SMILES string of the molecule is CSc1nc(C)c(C=O)c(-c2ccccc2)n1. The van der Waals surface area contributed by atoms with Crippen molar-refractivity contribution in [1.82, 2.24) is 9.97 Å². The van der Waals surface area contributed by atoms with Gasteiger partial charge in [-0.05, 0) is 13.2 Å². The molecule has 3 nitrogen and oxygen atoms in total. The van der Waals surface area contributed by atoms with E-state index in [2.05, 4.69) is 9.97 Å². The van der Waals surface area contributed by atoms with Gasteiger partial charge in [0, 0.05) is 5.56 Å². The second-order valence-corrected chi connectivity index (χ2v) is 4.32. The molecule has 1 aromatic carbocycles. The third-order valence-corrected chi connectivity index (χ3v) is 3.01. The Morgan fingerprint density at radius 3 is 2.47 bits per heavy atom. The molecular formula is C13H12N2OS. The fraction of sp³-hybridized carbons (Fsp3) is 0.154. The van der Waals surface area contributed by atoms with Gasteiger partial charge < -0.3 is 0 Å². The standard InChI is InChI=1S/C13H12N2OS/c1-9-11(8-16)12(15-13(14-9)17-2)10-6-4-3-5-7-10/h3-8H,1-2H3. The fourth-order valence-electron chi connectivity index (χ4n) is 1.60. The zero-order chi connectivity index (χ0) is 12.3. The van der Waals surface area contributed by atoms with Gasteiger partial charge in [-0.15, -0.1) is 0 Å². The van der Waals surface area contributed by atoms with Gasteiger partial charge in [0.1, 0.15) is 0 Å². The van der Waals surface area contributed by atoms with Crippen LogP contribution in [0.1, 0.15) is 16.1 Å². The molecule has 0 bridgehead atoms. The van der Waals surface area contributed by atoms with E-state index in [0.717, 1.165) is 17.5 Å². The number of benzene rings is 1. The largest absolute Gasteiger partial charge is 0.298 e. The predicted octanol–water partition coefficient (Wildman–Crippen LogP) is 2.99. The molecule has 2 rings (SSSR count). The highest BCUT2D eigenvalue weighted by Gasteiger charge is 2.12. The number of carbonyl (C=O) groups excluding carboxylic acids is 1. The maximum atomic E-state index is 11.1. The van der Waals surface area contributed by atoms with E-state index in [9.17, 15) is 4.79 Å². The monoisotopic (exact) mass is 244 g/mol. The molecular weight excluding hydrogens is 232 g/mol. The van der Waals surface area contributed by atoms with Crippen LogP contribution in [-0.2, 0) is 0 Å². The number of carbonyl (C=O) groups is 1. The first-order valence-corrected chi connectivity index (χ1v) is 6.42. The van der Waals surface area contributed by atoms with Crippen LogP contribution in [0.4, 0.5) is 0 Å². The summed E-state index contributed by atoms with van der Waals surface area (Å²) >= 11 is 1.47. The molecule has 0 aliphatic heterocycles. The molecule has 4 heteroatoms. The molecule has 0 spiro atoms. The Bertz CT molecular complexity index is 541. The molecule has 0 N–H and O–H groups in total. The minimum absolute atomic E-state index is 0.564. The number of aryl methyl sites for hydroxylation is 1.